The fraction of sp³-hybridized carbons (Fsp3) is 1.00. The van der Waals surface area contributed by atoms with Crippen molar-refractivity contribution in [2.24, 2.45) is 5.92 Å². The second kappa shape index (κ2) is 3.75. The van der Waals surface area contributed by atoms with Gasteiger partial charge in [0.1, 0.15) is 0 Å². The normalized spacial score (nSPS) is 20.2. The SMILES string of the molecule is CCC(C)C(O)(CC)C(C)(C)O. The molecular weight excluding hydrogens is 152 g/mol. The summed E-state index contributed by atoms with van der Waals surface area (Å²) in [5, 5.41) is 20.0. The highest BCUT2D eigenvalue weighted by atomic mass is 16.4. The van der Waals surface area contributed by atoms with Crippen LogP contribution in [0.1, 0.15) is 47.5 Å². The predicted octanol–water partition coefficient (Wildman–Crippen LogP) is 1.94. The standard InChI is InChI=1S/C10H22O2/c1-6-8(3)10(12,7-2)9(4,5)11/h8,11-12H,6-7H2,1-5H3. The largest absolute Gasteiger partial charge is 0.387 e. The van der Waals surface area contributed by atoms with E-state index in [9.17, 15) is 10.2 Å². The molecule has 0 spiro atoms. The Balaban J connectivity index is 4.67. The van der Waals surface area contributed by atoms with Crippen LogP contribution >= 0.6 is 0 Å². The van der Waals surface area contributed by atoms with Crippen LogP contribution in [0.25, 0.3) is 0 Å². The third kappa shape index (κ3) is 1.99. The van der Waals surface area contributed by atoms with E-state index < -0.39 is 11.2 Å². The minimum atomic E-state index is -1.02. The Hall–Kier alpha value is -0.0800. The first-order valence-corrected chi connectivity index (χ1v) is 4.74. The zero-order valence-electron chi connectivity index (χ0n) is 8.89. The molecule has 0 aliphatic rings. The molecule has 2 N–H and O–H groups in total. The summed E-state index contributed by atoms with van der Waals surface area (Å²) >= 11 is 0. The van der Waals surface area contributed by atoms with Gasteiger partial charge < -0.3 is 10.2 Å². The molecule has 0 aromatic heterocycles. The van der Waals surface area contributed by atoms with Crippen molar-refractivity contribution in [2.45, 2.75) is 58.7 Å². The topological polar surface area (TPSA) is 40.5 Å². The van der Waals surface area contributed by atoms with Gasteiger partial charge in [-0.1, -0.05) is 27.2 Å². The Morgan fingerprint density at radius 3 is 1.67 bits per heavy atom. The maximum absolute atomic E-state index is 10.2. The summed E-state index contributed by atoms with van der Waals surface area (Å²) in [5.74, 6) is 0.127. The molecule has 0 heterocycles. The summed E-state index contributed by atoms with van der Waals surface area (Å²) in [5.41, 5.74) is -1.97. The Bertz CT molecular complexity index is 137. The van der Waals surface area contributed by atoms with Crippen molar-refractivity contribution in [2.75, 3.05) is 0 Å². The van der Waals surface area contributed by atoms with Crippen LogP contribution in [0.5, 0.6) is 0 Å². The Labute approximate surface area is 75.6 Å². The van der Waals surface area contributed by atoms with Gasteiger partial charge in [0.15, 0.2) is 0 Å². The van der Waals surface area contributed by atoms with Gasteiger partial charge in [-0.05, 0) is 26.2 Å². The van der Waals surface area contributed by atoms with Crippen molar-refractivity contribution < 1.29 is 10.2 Å². The zero-order valence-corrected chi connectivity index (χ0v) is 8.89. The van der Waals surface area contributed by atoms with Gasteiger partial charge in [-0.2, -0.15) is 0 Å². The molecule has 0 amide bonds. The molecule has 0 rings (SSSR count). The molecule has 0 aliphatic carbocycles. The molecule has 0 saturated carbocycles. The highest BCUT2D eigenvalue weighted by Crippen LogP contribution is 2.34. The van der Waals surface area contributed by atoms with E-state index in [1.54, 1.807) is 13.8 Å². The van der Waals surface area contributed by atoms with Crippen LogP contribution in [0.4, 0.5) is 0 Å². The number of hydrogen-bond donors (Lipinski definition) is 2. The van der Waals surface area contributed by atoms with Crippen molar-refractivity contribution >= 4 is 0 Å². The number of hydrogen-bond acceptors (Lipinski definition) is 2. The first-order valence-electron chi connectivity index (χ1n) is 4.74. The zero-order chi connectivity index (χ0) is 9.99. The molecule has 12 heavy (non-hydrogen) atoms. The van der Waals surface area contributed by atoms with E-state index in [4.69, 9.17) is 0 Å². The summed E-state index contributed by atoms with van der Waals surface area (Å²) in [6.07, 6.45) is 1.47. The van der Waals surface area contributed by atoms with E-state index >= 15 is 0 Å². The Morgan fingerprint density at radius 2 is 1.58 bits per heavy atom. The van der Waals surface area contributed by atoms with Crippen LogP contribution in [-0.2, 0) is 0 Å². The molecule has 0 fully saturated rings. The lowest BCUT2D eigenvalue weighted by atomic mass is 9.73. The Kier molecular flexibility index (Phi) is 3.73. The molecule has 2 nitrogen and oxygen atoms in total. The van der Waals surface area contributed by atoms with Crippen LogP contribution in [-0.4, -0.2) is 21.4 Å². The lowest BCUT2D eigenvalue weighted by molar-refractivity contribution is -0.162. The first kappa shape index (κ1) is 11.9. The number of rotatable bonds is 4. The van der Waals surface area contributed by atoms with Gasteiger partial charge in [0.05, 0.1) is 11.2 Å². The van der Waals surface area contributed by atoms with E-state index in [2.05, 4.69) is 0 Å². The minimum Gasteiger partial charge on any atom is -0.387 e. The van der Waals surface area contributed by atoms with Gasteiger partial charge in [-0.15, -0.1) is 0 Å². The van der Waals surface area contributed by atoms with Crippen LogP contribution in [0.2, 0.25) is 0 Å². The fourth-order valence-electron chi connectivity index (χ4n) is 1.72. The van der Waals surface area contributed by atoms with Crippen LogP contribution in [0.3, 0.4) is 0 Å². The molecule has 0 saturated heterocycles. The van der Waals surface area contributed by atoms with Gasteiger partial charge in [0.25, 0.3) is 0 Å². The quantitative estimate of drug-likeness (QED) is 0.684. The van der Waals surface area contributed by atoms with Crippen LogP contribution < -0.4 is 0 Å². The minimum absolute atomic E-state index is 0.127. The molecule has 0 bridgehead atoms. The average molecular weight is 174 g/mol. The molecule has 2 unspecified atom stereocenters. The van der Waals surface area contributed by atoms with Gasteiger partial charge in [-0.25, -0.2) is 0 Å². The molecule has 0 aliphatic heterocycles. The smallest absolute Gasteiger partial charge is 0.0950 e. The monoisotopic (exact) mass is 174 g/mol. The lowest BCUT2D eigenvalue weighted by Gasteiger charge is -2.42. The summed E-state index contributed by atoms with van der Waals surface area (Å²) in [4.78, 5) is 0. The summed E-state index contributed by atoms with van der Waals surface area (Å²) in [6.45, 7) is 9.24. The predicted molar refractivity (Wildman–Crippen MR) is 51.0 cm³/mol. The van der Waals surface area contributed by atoms with Gasteiger partial charge >= 0.3 is 0 Å². The van der Waals surface area contributed by atoms with E-state index in [0.29, 0.717) is 6.42 Å². The highest BCUT2D eigenvalue weighted by molar-refractivity contribution is 4.95. The van der Waals surface area contributed by atoms with Crippen molar-refractivity contribution in [1.29, 1.82) is 0 Å². The molecule has 2 atom stereocenters. The van der Waals surface area contributed by atoms with E-state index in [0.717, 1.165) is 6.42 Å². The summed E-state index contributed by atoms with van der Waals surface area (Å²) in [6, 6.07) is 0. The first-order chi connectivity index (χ1) is 5.29. The summed E-state index contributed by atoms with van der Waals surface area (Å²) < 4.78 is 0. The van der Waals surface area contributed by atoms with Gasteiger partial charge in [0, 0.05) is 0 Å². The van der Waals surface area contributed by atoms with E-state index in [1.807, 2.05) is 20.8 Å². The molecule has 0 aromatic carbocycles. The second-order valence-electron chi connectivity index (χ2n) is 4.15. The van der Waals surface area contributed by atoms with Crippen molar-refractivity contribution in [3.05, 3.63) is 0 Å². The number of aliphatic hydroxyl groups is 2. The van der Waals surface area contributed by atoms with E-state index in [1.165, 1.54) is 0 Å². The maximum atomic E-state index is 10.2. The molecular formula is C10H22O2. The van der Waals surface area contributed by atoms with E-state index in [-0.39, 0.29) is 5.92 Å². The molecule has 0 radical (unpaired) electrons. The highest BCUT2D eigenvalue weighted by Gasteiger charge is 2.44. The van der Waals surface area contributed by atoms with Crippen molar-refractivity contribution in [3.8, 4) is 0 Å². The van der Waals surface area contributed by atoms with Gasteiger partial charge in [0.2, 0.25) is 0 Å². The maximum Gasteiger partial charge on any atom is 0.0950 e. The lowest BCUT2D eigenvalue weighted by Crippen LogP contribution is -2.54. The third-order valence-electron chi connectivity index (χ3n) is 3.03. The van der Waals surface area contributed by atoms with Crippen molar-refractivity contribution in [1.82, 2.24) is 0 Å². The molecule has 0 aromatic rings. The fourth-order valence-corrected chi connectivity index (χ4v) is 1.72. The van der Waals surface area contributed by atoms with Crippen LogP contribution in [0, 0.1) is 5.92 Å². The Morgan fingerprint density at radius 1 is 1.17 bits per heavy atom. The van der Waals surface area contributed by atoms with Crippen LogP contribution in [0.15, 0.2) is 0 Å². The molecule has 2 heteroatoms. The van der Waals surface area contributed by atoms with Crippen molar-refractivity contribution in [3.63, 3.8) is 0 Å². The summed E-state index contributed by atoms with van der Waals surface area (Å²) in [7, 11) is 0. The average Bonchev–Trinajstić information content (AvgIpc) is 1.99. The van der Waals surface area contributed by atoms with Gasteiger partial charge in [-0.3, -0.25) is 0 Å². The third-order valence-corrected chi connectivity index (χ3v) is 3.03. The molecule has 74 valence electrons. The second-order valence-corrected chi connectivity index (χ2v) is 4.15.